The normalized spacial score (nSPS) is 16.3. The van der Waals surface area contributed by atoms with Crippen molar-refractivity contribution >= 4 is 17.3 Å². The van der Waals surface area contributed by atoms with Crippen molar-refractivity contribution in [3.05, 3.63) is 54.1 Å². The van der Waals surface area contributed by atoms with Crippen LogP contribution in [-0.4, -0.2) is 43.2 Å². The Hall–Kier alpha value is -2.67. The minimum atomic E-state index is -0.780. The topological polar surface area (TPSA) is 57.0 Å². The van der Waals surface area contributed by atoms with E-state index in [1.807, 2.05) is 19.1 Å². The monoisotopic (exact) mass is 362 g/mol. The summed E-state index contributed by atoms with van der Waals surface area (Å²) in [7, 11) is 0. The number of phenolic OH excluding ortho intramolecular Hbond substituents is 1. The van der Waals surface area contributed by atoms with E-state index in [2.05, 4.69) is 10.2 Å². The lowest BCUT2D eigenvalue weighted by Crippen LogP contribution is -3.19. The van der Waals surface area contributed by atoms with Crippen LogP contribution >= 0.6 is 0 Å². The van der Waals surface area contributed by atoms with Gasteiger partial charge in [0.05, 0.1) is 31.9 Å². The molecule has 0 unspecified atom stereocenters. The molecular weight excluding hydrogens is 340 g/mol. The maximum absolute atomic E-state index is 13.7. The number of amides is 1. The van der Waals surface area contributed by atoms with Gasteiger partial charge in [-0.1, -0.05) is 0 Å². The molecule has 2 aromatic rings. The zero-order valence-corrected chi connectivity index (χ0v) is 14.5. The van der Waals surface area contributed by atoms with Gasteiger partial charge < -0.3 is 20.2 Å². The number of carbonyl (C=O) groups excluding carboxylic acids is 1. The molecule has 1 aliphatic rings. The number of aromatic hydroxyl groups is 1. The first kappa shape index (κ1) is 18.1. The minimum absolute atomic E-state index is 0.00891. The highest BCUT2D eigenvalue weighted by Gasteiger charge is 2.29. The third-order valence-electron chi connectivity index (χ3n) is 4.82. The van der Waals surface area contributed by atoms with Crippen molar-refractivity contribution in [1.29, 1.82) is 0 Å². The number of quaternary nitrogens is 1. The molecule has 1 atom stereocenters. The molecule has 3 rings (SSSR count). The Bertz CT molecular complexity index is 775. The molecule has 1 heterocycles. The number of nitrogens with zero attached hydrogens (tertiary/aromatic N) is 1. The highest BCUT2D eigenvalue weighted by Crippen LogP contribution is 2.18. The second kappa shape index (κ2) is 7.70. The van der Waals surface area contributed by atoms with E-state index in [9.17, 15) is 18.7 Å². The third kappa shape index (κ3) is 4.11. The second-order valence-corrected chi connectivity index (χ2v) is 6.50. The number of phenols is 1. The number of anilines is 2. The lowest BCUT2D eigenvalue weighted by atomic mass is 10.2. The van der Waals surface area contributed by atoms with Crippen LogP contribution in [0.15, 0.2) is 42.5 Å². The molecule has 3 N–H and O–H groups in total. The van der Waals surface area contributed by atoms with E-state index in [-0.39, 0.29) is 23.4 Å². The van der Waals surface area contributed by atoms with Crippen LogP contribution in [0.2, 0.25) is 0 Å². The Morgan fingerprint density at radius 1 is 1.15 bits per heavy atom. The zero-order valence-electron chi connectivity index (χ0n) is 14.5. The standard InChI is InChI=1S/C19H21F2N3O2/c1-13(19(26)22-18-7-2-14(20)12-17(18)21)23-8-10-24(11-9-23)15-3-5-16(25)6-4-15/h2-7,12-13,25H,8-11H2,1H3,(H,22,26)/p+1/t13-/m1/s1. The van der Waals surface area contributed by atoms with Gasteiger partial charge in [0.2, 0.25) is 0 Å². The third-order valence-corrected chi connectivity index (χ3v) is 4.82. The summed E-state index contributed by atoms with van der Waals surface area (Å²) in [5, 5.41) is 11.9. The molecule has 0 spiro atoms. The van der Waals surface area contributed by atoms with Gasteiger partial charge in [-0.05, 0) is 43.3 Å². The summed E-state index contributed by atoms with van der Waals surface area (Å²) in [5.74, 6) is -1.51. The SMILES string of the molecule is C[C@H](C(=O)Nc1ccc(F)cc1F)[NH+]1CCN(c2ccc(O)cc2)CC1. The van der Waals surface area contributed by atoms with Crippen LogP contribution in [0.25, 0.3) is 0 Å². The minimum Gasteiger partial charge on any atom is -0.508 e. The van der Waals surface area contributed by atoms with Crippen molar-refractivity contribution < 1.29 is 23.6 Å². The molecule has 0 radical (unpaired) electrons. The Morgan fingerprint density at radius 2 is 1.81 bits per heavy atom. The molecule has 1 saturated heterocycles. The van der Waals surface area contributed by atoms with E-state index in [4.69, 9.17) is 0 Å². The Kier molecular flexibility index (Phi) is 5.37. The molecule has 2 aromatic carbocycles. The smallest absolute Gasteiger partial charge is 0.282 e. The number of hydrogen-bond donors (Lipinski definition) is 3. The van der Waals surface area contributed by atoms with E-state index in [1.165, 1.54) is 6.07 Å². The quantitative estimate of drug-likeness (QED) is 0.771. The molecule has 5 nitrogen and oxygen atoms in total. The Balaban J connectivity index is 1.56. The molecule has 0 bridgehead atoms. The van der Waals surface area contributed by atoms with Crippen molar-refractivity contribution in [2.24, 2.45) is 0 Å². The maximum atomic E-state index is 13.7. The first-order valence-electron chi connectivity index (χ1n) is 8.58. The summed E-state index contributed by atoms with van der Waals surface area (Å²) >= 11 is 0. The van der Waals surface area contributed by atoms with Gasteiger partial charge in [-0.2, -0.15) is 0 Å². The molecule has 138 valence electrons. The number of benzene rings is 2. The molecule has 0 aromatic heterocycles. The summed E-state index contributed by atoms with van der Waals surface area (Å²) in [5.41, 5.74) is 1.03. The molecule has 7 heteroatoms. The van der Waals surface area contributed by atoms with Crippen molar-refractivity contribution in [1.82, 2.24) is 0 Å². The van der Waals surface area contributed by atoms with E-state index >= 15 is 0 Å². The summed E-state index contributed by atoms with van der Waals surface area (Å²) < 4.78 is 26.7. The lowest BCUT2D eigenvalue weighted by molar-refractivity contribution is -0.914. The van der Waals surface area contributed by atoms with Crippen molar-refractivity contribution in [2.75, 3.05) is 36.4 Å². The molecular formula is C19H22F2N3O2+. The summed E-state index contributed by atoms with van der Waals surface area (Å²) in [6.07, 6.45) is 0. The van der Waals surface area contributed by atoms with Gasteiger partial charge in [-0.25, -0.2) is 8.78 Å². The largest absolute Gasteiger partial charge is 0.508 e. The van der Waals surface area contributed by atoms with Crippen molar-refractivity contribution in [2.45, 2.75) is 13.0 Å². The molecule has 1 fully saturated rings. The fourth-order valence-corrected chi connectivity index (χ4v) is 3.17. The van der Waals surface area contributed by atoms with E-state index in [0.29, 0.717) is 0 Å². The Labute approximate surface area is 150 Å². The number of hydrogen-bond acceptors (Lipinski definition) is 3. The van der Waals surface area contributed by atoms with Gasteiger partial charge in [-0.3, -0.25) is 4.79 Å². The lowest BCUT2D eigenvalue weighted by Gasteiger charge is -2.36. The molecule has 0 aliphatic carbocycles. The Morgan fingerprint density at radius 3 is 2.42 bits per heavy atom. The number of piperazine rings is 1. The van der Waals surface area contributed by atoms with Gasteiger partial charge in [0.1, 0.15) is 17.4 Å². The van der Waals surface area contributed by atoms with Crippen LogP contribution in [0, 0.1) is 11.6 Å². The van der Waals surface area contributed by atoms with Crippen molar-refractivity contribution in [3.8, 4) is 5.75 Å². The number of carbonyl (C=O) groups is 1. The second-order valence-electron chi connectivity index (χ2n) is 6.50. The van der Waals surface area contributed by atoms with E-state index in [0.717, 1.165) is 48.9 Å². The van der Waals surface area contributed by atoms with Gasteiger partial charge in [0, 0.05) is 11.8 Å². The summed E-state index contributed by atoms with van der Waals surface area (Å²) in [6, 6.07) is 9.80. The van der Waals surface area contributed by atoms with Gasteiger partial charge in [0.25, 0.3) is 5.91 Å². The molecule has 26 heavy (non-hydrogen) atoms. The van der Waals surface area contributed by atoms with E-state index in [1.54, 1.807) is 12.1 Å². The van der Waals surface area contributed by atoms with Crippen LogP contribution in [-0.2, 0) is 4.79 Å². The van der Waals surface area contributed by atoms with Crippen LogP contribution in [0.4, 0.5) is 20.2 Å². The molecule has 1 aliphatic heterocycles. The van der Waals surface area contributed by atoms with Crippen LogP contribution in [0.1, 0.15) is 6.92 Å². The maximum Gasteiger partial charge on any atom is 0.282 e. The molecule has 0 saturated carbocycles. The van der Waals surface area contributed by atoms with Gasteiger partial charge in [-0.15, -0.1) is 0 Å². The molecule has 1 amide bonds. The highest BCUT2D eigenvalue weighted by molar-refractivity contribution is 5.93. The van der Waals surface area contributed by atoms with Crippen LogP contribution < -0.4 is 15.1 Å². The van der Waals surface area contributed by atoms with Crippen LogP contribution in [0.5, 0.6) is 5.75 Å². The average Bonchev–Trinajstić information content (AvgIpc) is 2.64. The first-order valence-corrected chi connectivity index (χ1v) is 8.58. The first-order chi connectivity index (χ1) is 12.4. The predicted molar refractivity (Wildman–Crippen MR) is 95.5 cm³/mol. The number of rotatable bonds is 4. The predicted octanol–water partition coefficient (Wildman–Crippen LogP) is 1.40. The zero-order chi connectivity index (χ0) is 18.7. The fourth-order valence-electron chi connectivity index (χ4n) is 3.17. The van der Waals surface area contributed by atoms with Crippen LogP contribution in [0.3, 0.4) is 0 Å². The average molecular weight is 362 g/mol. The number of nitrogens with one attached hydrogen (secondary N) is 2. The van der Waals surface area contributed by atoms with Crippen molar-refractivity contribution in [3.63, 3.8) is 0 Å². The number of halogens is 2. The summed E-state index contributed by atoms with van der Waals surface area (Å²) in [4.78, 5) is 15.7. The van der Waals surface area contributed by atoms with Gasteiger partial charge >= 0.3 is 0 Å². The summed E-state index contributed by atoms with van der Waals surface area (Å²) in [6.45, 7) is 4.90. The van der Waals surface area contributed by atoms with Gasteiger partial charge in [0.15, 0.2) is 6.04 Å². The fraction of sp³-hybridized carbons (Fsp3) is 0.316. The highest BCUT2D eigenvalue weighted by atomic mass is 19.1. The van der Waals surface area contributed by atoms with E-state index < -0.39 is 11.6 Å².